The smallest absolute Gasteiger partial charge is 0.0410 e. The predicted octanol–water partition coefficient (Wildman–Crippen LogP) is 4.20. The number of rotatable bonds is 1. The van der Waals surface area contributed by atoms with Gasteiger partial charge >= 0.3 is 0 Å². The van der Waals surface area contributed by atoms with E-state index in [-0.39, 0.29) is 5.54 Å². The molecule has 94 valence electrons. The van der Waals surface area contributed by atoms with Crippen LogP contribution in [0.5, 0.6) is 0 Å². The Morgan fingerprint density at radius 3 is 2.39 bits per heavy atom. The van der Waals surface area contributed by atoms with Gasteiger partial charge in [0.25, 0.3) is 0 Å². The van der Waals surface area contributed by atoms with Gasteiger partial charge in [-0.1, -0.05) is 43.3 Å². The summed E-state index contributed by atoms with van der Waals surface area (Å²) in [6.07, 6.45) is 4.74. The van der Waals surface area contributed by atoms with E-state index in [0.717, 1.165) is 18.8 Å². The summed E-state index contributed by atoms with van der Waals surface area (Å²) in [5, 5.41) is 2.60. The molecule has 2 aromatic carbocycles. The topological polar surface area (TPSA) is 26.0 Å². The normalized spacial score (nSPS) is 28.4. The molecule has 1 nitrogen and oxygen atoms in total. The lowest BCUT2D eigenvalue weighted by Crippen LogP contribution is -2.40. The average molecular weight is 239 g/mol. The van der Waals surface area contributed by atoms with Gasteiger partial charge < -0.3 is 5.73 Å². The van der Waals surface area contributed by atoms with Crippen molar-refractivity contribution < 1.29 is 0 Å². The van der Waals surface area contributed by atoms with E-state index in [2.05, 4.69) is 49.4 Å². The molecule has 18 heavy (non-hydrogen) atoms. The Hall–Kier alpha value is -1.34. The minimum Gasteiger partial charge on any atom is -0.321 e. The van der Waals surface area contributed by atoms with Gasteiger partial charge in [-0.25, -0.2) is 0 Å². The molecule has 1 heteroatoms. The van der Waals surface area contributed by atoms with Gasteiger partial charge in [-0.05, 0) is 54.0 Å². The van der Waals surface area contributed by atoms with Crippen LogP contribution in [0.15, 0.2) is 42.5 Å². The first-order valence-corrected chi connectivity index (χ1v) is 6.96. The molecule has 1 fully saturated rings. The van der Waals surface area contributed by atoms with Gasteiger partial charge in [0.1, 0.15) is 0 Å². The number of fused-ring (bicyclic) bond motifs is 1. The first kappa shape index (κ1) is 11.7. The molecule has 0 unspecified atom stereocenters. The highest BCUT2D eigenvalue weighted by molar-refractivity contribution is 5.83. The predicted molar refractivity (Wildman–Crippen MR) is 77.4 cm³/mol. The number of nitrogens with two attached hydrogens (primary N) is 1. The molecular formula is C17H21N. The Morgan fingerprint density at radius 1 is 1.00 bits per heavy atom. The summed E-state index contributed by atoms with van der Waals surface area (Å²) in [7, 11) is 0. The van der Waals surface area contributed by atoms with Crippen molar-refractivity contribution in [3.8, 4) is 0 Å². The molecule has 0 saturated heterocycles. The van der Waals surface area contributed by atoms with Gasteiger partial charge in [0, 0.05) is 5.54 Å². The zero-order chi connectivity index (χ0) is 12.6. The minimum absolute atomic E-state index is 0.101. The van der Waals surface area contributed by atoms with Crippen molar-refractivity contribution in [2.45, 2.75) is 38.1 Å². The molecule has 0 heterocycles. The van der Waals surface area contributed by atoms with Crippen molar-refractivity contribution in [1.29, 1.82) is 0 Å². The van der Waals surface area contributed by atoms with Crippen molar-refractivity contribution in [2.24, 2.45) is 11.7 Å². The van der Waals surface area contributed by atoms with E-state index >= 15 is 0 Å². The largest absolute Gasteiger partial charge is 0.321 e. The molecule has 2 N–H and O–H groups in total. The third kappa shape index (κ3) is 2.04. The van der Waals surface area contributed by atoms with Gasteiger partial charge in [-0.2, -0.15) is 0 Å². The summed E-state index contributed by atoms with van der Waals surface area (Å²) in [5.41, 5.74) is 7.85. The summed E-state index contributed by atoms with van der Waals surface area (Å²) >= 11 is 0. The first-order valence-electron chi connectivity index (χ1n) is 6.96. The van der Waals surface area contributed by atoms with Crippen LogP contribution in [-0.4, -0.2) is 0 Å². The second kappa shape index (κ2) is 4.40. The van der Waals surface area contributed by atoms with Crippen molar-refractivity contribution in [3.05, 3.63) is 48.0 Å². The Bertz CT molecular complexity index is 550. The zero-order valence-electron chi connectivity index (χ0n) is 11.0. The van der Waals surface area contributed by atoms with Crippen LogP contribution in [0.2, 0.25) is 0 Å². The highest BCUT2D eigenvalue weighted by atomic mass is 14.7. The molecule has 3 rings (SSSR count). The number of hydrogen-bond donors (Lipinski definition) is 1. The lowest BCUT2D eigenvalue weighted by molar-refractivity contribution is 0.248. The van der Waals surface area contributed by atoms with Crippen LogP contribution < -0.4 is 5.73 Å². The lowest BCUT2D eigenvalue weighted by atomic mass is 9.73. The Balaban J connectivity index is 1.98. The van der Waals surface area contributed by atoms with Crippen LogP contribution in [0.3, 0.4) is 0 Å². The summed E-state index contributed by atoms with van der Waals surface area (Å²) in [6, 6.07) is 15.2. The highest BCUT2D eigenvalue weighted by Crippen LogP contribution is 2.38. The van der Waals surface area contributed by atoms with E-state index in [4.69, 9.17) is 5.73 Å². The molecule has 1 saturated carbocycles. The maximum absolute atomic E-state index is 6.63. The maximum atomic E-state index is 6.63. The lowest BCUT2D eigenvalue weighted by Gasteiger charge is -2.36. The van der Waals surface area contributed by atoms with Gasteiger partial charge in [-0.3, -0.25) is 0 Å². The van der Waals surface area contributed by atoms with Crippen molar-refractivity contribution in [1.82, 2.24) is 0 Å². The number of hydrogen-bond acceptors (Lipinski definition) is 1. The molecule has 1 aliphatic rings. The molecule has 0 spiro atoms. The van der Waals surface area contributed by atoms with E-state index in [1.165, 1.54) is 29.2 Å². The van der Waals surface area contributed by atoms with Gasteiger partial charge in [0.2, 0.25) is 0 Å². The summed E-state index contributed by atoms with van der Waals surface area (Å²) in [6.45, 7) is 2.33. The monoisotopic (exact) mass is 239 g/mol. The van der Waals surface area contributed by atoms with E-state index < -0.39 is 0 Å². The van der Waals surface area contributed by atoms with Gasteiger partial charge in [0.05, 0.1) is 0 Å². The van der Waals surface area contributed by atoms with Crippen LogP contribution in [-0.2, 0) is 5.54 Å². The molecule has 0 amide bonds. The number of benzene rings is 2. The Labute approximate surface area is 109 Å². The SMILES string of the molecule is CC1CCC(N)(c2ccc3ccccc3c2)CC1. The maximum Gasteiger partial charge on any atom is 0.0410 e. The van der Waals surface area contributed by atoms with E-state index in [0.29, 0.717) is 0 Å². The molecular weight excluding hydrogens is 218 g/mol. The van der Waals surface area contributed by atoms with E-state index in [1.54, 1.807) is 0 Å². The second-order valence-electron chi connectivity index (χ2n) is 5.90. The van der Waals surface area contributed by atoms with Crippen LogP contribution in [0.1, 0.15) is 38.2 Å². The van der Waals surface area contributed by atoms with Gasteiger partial charge in [0.15, 0.2) is 0 Å². The summed E-state index contributed by atoms with van der Waals surface area (Å²) in [5.74, 6) is 0.835. The quantitative estimate of drug-likeness (QED) is 0.793. The van der Waals surface area contributed by atoms with Crippen LogP contribution >= 0.6 is 0 Å². The first-order chi connectivity index (χ1) is 8.67. The minimum atomic E-state index is -0.101. The third-order valence-electron chi connectivity index (χ3n) is 4.49. The zero-order valence-corrected chi connectivity index (χ0v) is 11.0. The molecule has 0 aromatic heterocycles. The van der Waals surface area contributed by atoms with Crippen molar-refractivity contribution in [3.63, 3.8) is 0 Å². The Morgan fingerprint density at radius 2 is 1.67 bits per heavy atom. The van der Waals surface area contributed by atoms with E-state index in [1.807, 2.05) is 0 Å². The summed E-state index contributed by atoms with van der Waals surface area (Å²) in [4.78, 5) is 0. The third-order valence-corrected chi connectivity index (χ3v) is 4.49. The van der Waals surface area contributed by atoms with Crippen molar-refractivity contribution in [2.75, 3.05) is 0 Å². The standard InChI is InChI=1S/C17H21N/c1-13-8-10-17(18,11-9-13)16-7-6-14-4-2-3-5-15(14)12-16/h2-7,12-13H,8-11,18H2,1H3. The Kier molecular flexibility index (Phi) is 2.87. The fourth-order valence-corrected chi connectivity index (χ4v) is 3.06. The fraction of sp³-hybridized carbons (Fsp3) is 0.412. The fourth-order valence-electron chi connectivity index (χ4n) is 3.06. The van der Waals surface area contributed by atoms with Crippen LogP contribution in [0, 0.1) is 5.92 Å². The molecule has 0 bridgehead atoms. The molecule has 0 radical (unpaired) electrons. The molecule has 1 aliphatic carbocycles. The second-order valence-corrected chi connectivity index (χ2v) is 5.90. The van der Waals surface area contributed by atoms with Crippen molar-refractivity contribution >= 4 is 10.8 Å². The van der Waals surface area contributed by atoms with Gasteiger partial charge in [-0.15, -0.1) is 0 Å². The summed E-state index contributed by atoms with van der Waals surface area (Å²) < 4.78 is 0. The van der Waals surface area contributed by atoms with Crippen LogP contribution in [0.4, 0.5) is 0 Å². The molecule has 0 aliphatic heterocycles. The van der Waals surface area contributed by atoms with Crippen LogP contribution in [0.25, 0.3) is 10.8 Å². The molecule has 0 atom stereocenters. The van der Waals surface area contributed by atoms with E-state index in [9.17, 15) is 0 Å². The molecule has 2 aromatic rings. The highest BCUT2D eigenvalue weighted by Gasteiger charge is 2.31. The average Bonchev–Trinajstić information content (AvgIpc) is 2.42.